The zero-order chi connectivity index (χ0) is 9.84. The van der Waals surface area contributed by atoms with Gasteiger partial charge in [0.2, 0.25) is 0 Å². The Labute approximate surface area is 78.0 Å². The molecule has 0 aliphatic rings. The zero-order valence-corrected chi connectivity index (χ0v) is 7.62. The molecule has 68 valence electrons. The molecule has 1 atom stereocenters. The van der Waals surface area contributed by atoms with Crippen molar-refractivity contribution in [3.63, 3.8) is 0 Å². The summed E-state index contributed by atoms with van der Waals surface area (Å²) >= 11 is 0. The minimum atomic E-state index is -0.228. The van der Waals surface area contributed by atoms with Gasteiger partial charge in [0.1, 0.15) is 0 Å². The average Bonchev–Trinajstić information content (AvgIpc) is 2.10. The fourth-order valence-electron chi connectivity index (χ4n) is 1.28. The van der Waals surface area contributed by atoms with E-state index in [0.29, 0.717) is 6.42 Å². The fraction of sp³-hybridized carbons (Fsp3) is 0.300. The Hall–Kier alpha value is -1.53. The zero-order valence-electron chi connectivity index (χ0n) is 7.62. The summed E-state index contributed by atoms with van der Waals surface area (Å²) < 4.78 is 0. The van der Waals surface area contributed by atoms with Crippen molar-refractivity contribution in [2.45, 2.75) is 19.4 Å². The lowest BCUT2D eigenvalue weighted by molar-refractivity contribution is 0.743. The first-order valence-corrected chi connectivity index (χ1v) is 4.14. The van der Waals surface area contributed by atoms with Crippen molar-refractivity contribution in [1.82, 2.24) is 0 Å². The molecule has 0 aromatic heterocycles. The van der Waals surface area contributed by atoms with Gasteiger partial charge < -0.3 is 11.5 Å². The number of nitrogens with zero attached hydrogens (tertiary/aromatic N) is 1. The molecule has 0 aliphatic heterocycles. The number of hydrogen-bond donors (Lipinski definition) is 2. The van der Waals surface area contributed by atoms with Crippen LogP contribution in [0, 0.1) is 18.3 Å². The third kappa shape index (κ3) is 1.98. The number of anilines is 1. The molecule has 0 amide bonds. The van der Waals surface area contributed by atoms with E-state index in [2.05, 4.69) is 0 Å². The van der Waals surface area contributed by atoms with E-state index in [1.165, 1.54) is 0 Å². The van der Waals surface area contributed by atoms with Crippen molar-refractivity contribution < 1.29 is 0 Å². The quantitative estimate of drug-likeness (QED) is 0.668. The predicted octanol–water partition coefficient (Wildman–Crippen LogP) is 1.49. The van der Waals surface area contributed by atoms with E-state index >= 15 is 0 Å². The smallest absolute Gasteiger partial charge is 0.0641 e. The standard InChI is InChI=1S/C10H13N3/c1-7-8(10(13)5-6-11)3-2-4-9(7)12/h2-4,10H,5,12-13H2,1H3/t10-/m1/s1. The van der Waals surface area contributed by atoms with Gasteiger partial charge in [-0.2, -0.15) is 5.26 Å². The van der Waals surface area contributed by atoms with Gasteiger partial charge in [-0.3, -0.25) is 0 Å². The number of hydrogen-bond acceptors (Lipinski definition) is 3. The Balaban J connectivity index is 3.02. The fourth-order valence-corrected chi connectivity index (χ4v) is 1.28. The topological polar surface area (TPSA) is 75.8 Å². The molecular formula is C10H13N3. The van der Waals surface area contributed by atoms with Crippen LogP contribution in [0.5, 0.6) is 0 Å². The summed E-state index contributed by atoms with van der Waals surface area (Å²) in [5, 5.41) is 8.50. The lowest BCUT2D eigenvalue weighted by atomic mass is 9.99. The van der Waals surface area contributed by atoms with Crippen LogP contribution in [0.4, 0.5) is 5.69 Å². The summed E-state index contributed by atoms with van der Waals surface area (Å²) in [6.07, 6.45) is 0.324. The number of benzene rings is 1. The van der Waals surface area contributed by atoms with Gasteiger partial charge in [-0.25, -0.2) is 0 Å². The maximum Gasteiger partial charge on any atom is 0.0641 e. The molecule has 1 rings (SSSR count). The van der Waals surface area contributed by atoms with Crippen LogP contribution in [0.15, 0.2) is 18.2 Å². The summed E-state index contributed by atoms with van der Waals surface area (Å²) in [5.41, 5.74) is 14.2. The van der Waals surface area contributed by atoms with Gasteiger partial charge in [0, 0.05) is 11.7 Å². The van der Waals surface area contributed by atoms with Gasteiger partial charge in [-0.15, -0.1) is 0 Å². The minimum Gasteiger partial charge on any atom is -0.399 e. The van der Waals surface area contributed by atoms with Gasteiger partial charge in [-0.05, 0) is 24.1 Å². The van der Waals surface area contributed by atoms with Crippen molar-refractivity contribution in [1.29, 1.82) is 5.26 Å². The first-order valence-electron chi connectivity index (χ1n) is 4.14. The van der Waals surface area contributed by atoms with Crippen LogP contribution in [0.3, 0.4) is 0 Å². The number of rotatable bonds is 2. The van der Waals surface area contributed by atoms with Crippen LogP contribution < -0.4 is 11.5 Å². The molecule has 1 aromatic carbocycles. The van der Waals surface area contributed by atoms with Gasteiger partial charge in [0.25, 0.3) is 0 Å². The van der Waals surface area contributed by atoms with Crippen molar-refractivity contribution in [3.05, 3.63) is 29.3 Å². The molecule has 0 spiro atoms. The van der Waals surface area contributed by atoms with Gasteiger partial charge in [-0.1, -0.05) is 12.1 Å². The SMILES string of the molecule is Cc1c(N)cccc1[C@H](N)CC#N. The van der Waals surface area contributed by atoms with E-state index in [4.69, 9.17) is 16.7 Å². The van der Waals surface area contributed by atoms with E-state index in [1.807, 2.05) is 31.2 Å². The van der Waals surface area contributed by atoms with Crippen LogP contribution in [-0.2, 0) is 0 Å². The summed E-state index contributed by atoms with van der Waals surface area (Å²) in [7, 11) is 0. The molecule has 0 heterocycles. The predicted molar refractivity (Wildman–Crippen MR) is 52.7 cm³/mol. The molecule has 3 heteroatoms. The highest BCUT2D eigenvalue weighted by molar-refractivity contribution is 5.50. The molecule has 0 saturated carbocycles. The molecule has 0 unspecified atom stereocenters. The third-order valence-corrected chi connectivity index (χ3v) is 2.13. The minimum absolute atomic E-state index is 0.228. The third-order valence-electron chi connectivity index (χ3n) is 2.13. The molecule has 0 radical (unpaired) electrons. The van der Waals surface area contributed by atoms with Crippen LogP contribution in [0.2, 0.25) is 0 Å². The first-order chi connectivity index (χ1) is 6.16. The number of nitriles is 1. The summed E-state index contributed by atoms with van der Waals surface area (Å²) in [4.78, 5) is 0. The van der Waals surface area contributed by atoms with Crippen LogP contribution in [0.1, 0.15) is 23.6 Å². The monoisotopic (exact) mass is 175 g/mol. The number of nitrogens with two attached hydrogens (primary N) is 2. The van der Waals surface area contributed by atoms with E-state index in [-0.39, 0.29) is 6.04 Å². The summed E-state index contributed by atoms with van der Waals surface area (Å²) in [5.74, 6) is 0. The molecule has 0 saturated heterocycles. The second-order valence-corrected chi connectivity index (χ2v) is 3.03. The molecule has 3 nitrogen and oxygen atoms in total. The van der Waals surface area contributed by atoms with E-state index in [9.17, 15) is 0 Å². The summed E-state index contributed by atoms with van der Waals surface area (Å²) in [6, 6.07) is 7.42. The maximum atomic E-state index is 8.50. The Morgan fingerprint density at radius 3 is 2.85 bits per heavy atom. The molecule has 13 heavy (non-hydrogen) atoms. The molecule has 0 bridgehead atoms. The van der Waals surface area contributed by atoms with Gasteiger partial charge >= 0.3 is 0 Å². The average molecular weight is 175 g/mol. The van der Waals surface area contributed by atoms with E-state index < -0.39 is 0 Å². The van der Waals surface area contributed by atoms with Crippen molar-refractivity contribution in [3.8, 4) is 6.07 Å². The molecular weight excluding hydrogens is 162 g/mol. The maximum absolute atomic E-state index is 8.50. The van der Waals surface area contributed by atoms with Crippen molar-refractivity contribution >= 4 is 5.69 Å². The van der Waals surface area contributed by atoms with E-state index in [1.54, 1.807) is 0 Å². The van der Waals surface area contributed by atoms with Crippen molar-refractivity contribution in [2.24, 2.45) is 5.73 Å². The normalized spacial score (nSPS) is 12.1. The molecule has 4 N–H and O–H groups in total. The highest BCUT2D eigenvalue weighted by atomic mass is 14.6. The molecule has 0 fully saturated rings. The second kappa shape index (κ2) is 3.92. The largest absolute Gasteiger partial charge is 0.399 e. The van der Waals surface area contributed by atoms with E-state index in [0.717, 1.165) is 16.8 Å². The molecule has 1 aromatic rings. The molecule has 0 aliphatic carbocycles. The lowest BCUT2D eigenvalue weighted by Crippen LogP contribution is -2.11. The first kappa shape index (κ1) is 9.56. The lowest BCUT2D eigenvalue weighted by Gasteiger charge is -2.12. The van der Waals surface area contributed by atoms with Gasteiger partial charge in [0.15, 0.2) is 0 Å². The van der Waals surface area contributed by atoms with Crippen LogP contribution in [-0.4, -0.2) is 0 Å². The highest BCUT2D eigenvalue weighted by Crippen LogP contribution is 2.22. The highest BCUT2D eigenvalue weighted by Gasteiger charge is 2.09. The second-order valence-electron chi connectivity index (χ2n) is 3.03. The Bertz CT molecular complexity index is 339. The Morgan fingerprint density at radius 2 is 2.23 bits per heavy atom. The van der Waals surface area contributed by atoms with Gasteiger partial charge in [0.05, 0.1) is 12.5 Å². The van der Waals surface area contributed by atoms with Crippen LogP contribution >= 0.6 is 0 Å². The Morgan fingerprint density at radius 1 is 1.54 bits per heavy atom. The summed E-state index contributed by atoms with van der Waals surface area (Å²) in [6.45, 7) is 1.92. The number of nitrogen functional groups attached to an aromatic ring is 1. The Kier molecular flexibility index (Phi) is 2.88. The van der Waals surface area contributed by atoms with Crippen LogP contribution in [0.25, 0.3) is 0 Å². The van der Waals surface area contributed by atoms with Crippen molar-refractivity contribution in [2.75, 3.05) is 5.73 Å².